The number of carboxylic acids is 1. The first kappa shape index (κ1) is 15.5. The zero-order valence-corrected chi connectivity index (χ0v) is 12.8. The Kier molecular flexibility index (Phi) is 4.47. The Balaban J connectivity index is 2.87. The molecule has 3 nitrogen and oxygen atoms in total. The van der Waals surface area contributed by atoms with Crippen molar-refractivity contribution in [3.05, 3.63) is 0 Å². The van der Waals surface area contributed by atoms with Crippen LogP contribution in [0.3, 0.4) is 0 Å². The highest BCUT2D eigenvalue weighted by molar-refractivity contribution is 5.69. The quantitative estimate of drug-likeness (QED) is 0.837. The molecule has 0 amide bonds. The van der Waals surface area contributed by atoms with Gasteiger partial charge in [-0.25, -0.2) is 0 Å². The minimum absolute atomic E-state index is 0.161. The van der Waals surface area contributed by atoms with Gasteiger partial charge in [-0.3, -0.25) is 9.69 Å². The van der Waals surface area contributed by atoms with Crippen LogP contribution in [-0.2, 0) is 4.79 Å². The molecule has 1 aliphatic carbocycles. The monoisotopic (exact) mass is 255 g/mol. The molecule has 0 aromatic rings. The van der Waals surface area contributed by atoms with Crippen molar-refractivity contribution in [3.8, 4) is 0 Å². The van der Waals surface area contributed by atoms with Crippen molar-refractivity contribution < 1.29 is 9.90 Å². The van der Waals surface area contributed by atoms with Crippen LogP contribution in [0.25, 0.3) is 0 Å². The summed E-state index contributed by atoms with van der Waals surface area (Å²) in [5, 5.41) is 9.08. The van der Waals surface area contributed by atoms with Crippen LogP contribution in [0.1, 0.15) is 60.8 Å². The summed E-state index contributed by atoms with van der Waals surface area (Å²) < 4.78 is 0. The van der Waals surface area contributed by atoms with E-state index in [0.29, 0.717) is 16.9 Å². The summed E-state index contributed by atoms with van der Waals surface area (Å²) >= 11 is 0. The maximum atomic E-state index is 11.0. The Morgan fingerprint density at radius 2 is 1.67 bits per heavy atom. The molecule has 0 atom stereocenters. The predicted molar refractivity (Wildman–Crippen MR) is 74.7 cm³/mol. The van der Waals surface area contributed by atoms with Crippen molar-refractivity contribution in [3.63, 3.8) is 0 Å². The lowest BCUT2D eigenvalue weighted by molar-refractivity contribution is -0.140. The van der Waals surface area contributed by atoms with E-state index in [1.807, 2.05) is 0 Å². The van der Waals surface area contributed by atoms with Gasteiger partial charge >= 0.3 is 5.97 Å². The van der Waals surface area contributed by atoms with Crippen molar-refractivity contribution in [1.29, 1.82) is 0 Å². The summed E-state index contributed by atoms with van der Waals surface area (Å²) in [5.74, 6) is -0.718. The molecule has 0 heterocycles. The normalized spacial score (nSPS) is 23.6. The SMILES string of the molecule is CC(C)N(CC(=O)O)C1CC(C)(C)CC(C)(C)C1. The maximum Gasteiger partial charge on any atom is 0.317 e. The van der Waals surface area contributed by atoms with E-state index in [9.17, 15) is 4.79 Å². The highest BCUT2D eigenvalue weighted by Gasteiger charge is 2.41. The van der Waals surface area contributed by atoms with Crippen molar-refractivity contribution in [2.75, 3.05) is 6.54 Å². The molecule has 0 spiro atoms. The van der Waals surface area contributed by atoms with Gasteiger partial charge in [0.1, 0.15) is 0 Å². The summed E-state index contributed by atoms with van der Waals surface area (Å²) in [4.78, 5) is 13.2. The lowest BCUT2D eigenvalue weighted by atomic mass is 9.63. The van der Waals surface area contributed by atoms with Crippen LogP contribution in [0.5, 0.6) is 0 Å². The first-order chi connectivity index (χ1) is 8.02. The van der Waals surface area contributed by atoms with E-state index in [4.69, 9.17) is 5.11 Å². The topological polar surface area (TPSA) is 40.5 Å². The summed E-state index contributed by atoms with van der Waals surface area (Å²) in [6, 6.07) is 0.677. The van der Waals surface area contributed by atoms with Crippen LogP contribution in [0.15, 0.2) is 0 Å². The fourth-order valence-corrected chi connectivity index (χ4v) is 3.91. The molecule has 3 heteroatoms. The van der Waals surface area contributed by atoms with Gasteiger partial charge in [0.05, 0.1) is 6.54 Å². The Bertz CT molecular complexity index is 292. The molecule has 1 fully saturated rings. The standard InChI is InChI=1S/C15H29NO2/c1-11(2)16(9-13(17)18)12-7-14(3,4)10-15(5,6)8-12/h11-12H,7-10H2,1-6H3,(H,17,18). The average molecular weight is 255 g/mol. The summed E-state index contributed by atoms with van der Waals surface area (Å²) in [7, 11) is 0. The van der Waals surface area contributed by atoms with Gasteiger partial charge < -0.3 is 5.11 Å². The highest BCUT2D eigenvalue weighted by atomic mass is 16.4. The van der Waals surface area contributed by atoms with E-state index < -0.39 is 5.97 Å². The van der Waals surface area contributed by atoms with Crippen LogP contribution < -0.4 is 0 Å². The van der Waals surface area contributed by atoms with Crippen LogP contribution in [0.4, 0.5) is 0 Å². The molecule has 0 aliphatic heterocycles. The van der Waals surface area contributed by atoms with Gasteiger partial charge in [0.2, 0.25) is 0 Å². The first-order valence-corrected chi connectivity index (χ1v) is 7.00. The van der Waals surface area contributed by atoms with Crippen molar-refractivity contribution in [2.45, 2.75) is 72.9 Å². The van der Waals surface area contributed by atoms with E-state index in [2.05, 4.69) is 46.4 Å². The first-order valence-electron chi connectivity index (χ1n) is 7.00. The number of hydrogen-bond donors (Lipinski definition) is 1. The molecule has 1 aliphatic rings. The Labute approximate surface area is 112 Å². The second-order valence-corrected chi connectivity index (χ2v) is 7.73. The van der Waals surface area contributed by atoms with Crippen LogP contribution in [0, 0.1) is 10.8 Å². The predicted octanol–water partition coefficient (Wildman–Crippen LogP) is 3.39. The summed E-state index contributed by atoms with van der Waals surface area (Å²) in [5.41, 5.74) is 0.607. The second-order valence-electron chi connectivity index (χ2n) is 7.73. The third-order valence-electron chi connectivity index (χ3n) is 3.98. The van der Waals surface area contributed by atoms with E-state index in [-0.39, 0.29) is 12.6 Å². The van der Waals surface area contributed by atoms with Gasteiger partial charge in [0, 0.05) is 12.1 Å². The molecule has 0 saturated heterocycles. The summed E-state index contributed by atoms with van der Waals surface area (Å²) in [6.07, 6.45) is 3.42. The second kappa shape index (κ2) is 5.20. The fraction of sp³-hybridized carbons (Fsp3) is 0.933. The molecule has 1 rings (SSSR count). The number of carbonyl (C=O) groups is 1. The molecule has 1 saturated carbocycles. The Morgan fingerprint density at radius 1 is 1.22 bits per heavy atom. The number of hydrogen-bond acceptors (Lipinski definition) is 2. The minimum atomic E-state index is -0.718. The van der Waals surface area contributed by atoms with E-state index in [1.165, 1.54) is 6.42 Å². The fourth-order valence-electron chi connectivity index (χ4n) is 3.91. The van der Waals surface area contributed by atoms with Crippen LogP contribution in [0.2, 0.25) is 0 Å². The summed E-state index contributed by atoms with van der Waals surface area (Å²) in [6.45, 7) is 13.6. The molecule has 0 bridgehead atoms. The Morgan fingerprint density at radius 3 is 2.00 bits per heavy atom. The molecular formula is C15H29NO2. The largest absolute Gasteiger partial charge is 0.480 e. The third kappa shape index (κ3) is 4.27. The van der Waals surface area contributed by atoms with E-state index >= 15 is 0 Å². The number of aliphatic carboxylic acids is 1. The zero-order chi connectivity index (χ0) is 14.1. The van der Waals surface area contributed by atoms with Crippen LogP contribution >= 0.6 is 0 Å². The van der Waals surface area contributed by atoms with Gasteiger partial charge in [0.15, 0.2) is 0 Å². The molecule has 0 aromatic carbocycles. The van der Waals surface area contributed by atoms with Crippen molar-refractivity contribution in [2.24, 2.45) is 10.8 Å². The lowest BCUT2D eigenvalue weighted by Gasteiger charge is -2.49. The van der Waals surface area contributed by atoms with Gasteiger partial charge in [-0.2, -0.15) is 0 Å². The van der Waals surface area contributed by atoms with Gasteiger partial charge in [-0.1, -0.05) is 27.7 Å². The van der Waals surface area contributed by atoms with Gasteiger partial charge in [-0.05, 0) is 43.9 Å². The molecule has 0 unspecified atom stereocenters. The molecule has 0 aromatic heterocycles. The molecule has 106 valence electrons. The van der Waals surface area contributed by atoms with Crippen molar-refractivity contribution >= 4 is 5.97 Å². The van der Waals surface area contributed by atoms with Gasteiger partial charge in [-0.15, -0.1) is 0 Å². The molecular weight excluding hydrogens is 226 g/mol. The minimum Gasteiger partial charge on any atom is -0.480 e. The van der Waals surface area contributed by atoms with E-state index in [1.54, 1.807) is 0 Å². The average Bonchev–Trinajstić information content (AvgIpc) is 2.07. The molecule has 0 radical (unpaired) electrons. The number of carboxylic acid groups (broad SMARTS) is 1. The number of nitrogens with zero attached hydrogens (tertiary/aromatic N) is 1. The lowest BCUT2D eigenvalue weighted by Crippen LogP contribution is -2.50. The van der Waals surface area contributed by atoms with E-state index in [0.717, 1.165) is 12.8 Å². The van der Waals surface area contributed by atoms with Crippen molar-refractivity contribution in [1.82, 2.24) is 4.90 Å². The smallest absolute Gasteiger partial charge is 0.317 e. The van der Waals surface area contributed by atoms with Crippen LogP contribution in [-0.4, -0.2) is 34.6 Å². The molecule has 18 heavy (non-hydrogen) atoms. The Hall–Kier alpha value is -0.570. The highest BCUT2D eigenvalue weighted by Crippen LogP contribution is 2.47. The third-order valence-corrected chi connectivity index (χ3v) is 3.98. The zero-order valence-electron chi connectivity index (χ0n) is 12.8. The maximum absolute atomic E-state index is 11.0. The van der Waals surface area contributed by atoms with Gasteiger partial charge in [0.25, 0.3) is 0 Å². The number of rotatable bonds is 4. The molecule has 1 N–H and O–H groups in total.